The highest BCUT2D eigenvalue weighted by molar-refractivity contribution is 7.21. The molecule has 2 aromatic heterocycles. The number of benzene rings is 2. The topological polar surface area (TPSA) is 35.5 Å². The Hall–Kier alpha value is -3.57. The van der Waals surface area contributed by atoms with E-state index in [-0.39, 0.29) is 33.1 Å². The van der Waals surface area contributed by atoms with E-state index in [0.717, 1.165) is 34.7 Å². The second kappa shape index (κ2) is 12.0. The largest absolute Gasteiger partial charge is 0.487 e. The molecule has 0 bridgehead atoms. The van der Waals surface area contributed by atoms with Crippen LogP contribution in [0, 0.1) is 13.8 Å². The lowest BCUT2D eigenvalue weighted by atomic mass is 9.91. The van der Waals surface area contributed by atoms with Crippen molar-refractivity contribution in [2.75, 3.05) is 13.7 Å². The van der Waals surface area contributed by atoms with Gasteiger partial charge in [-0.1, -0.05) is 60.4 Å². The van der Waals surface area contributed by atoms with Crippen molar-refractivity contribution in [1.82, 2.24) is 0 Å². The Morgan fingerprint density at radius 1 is 0.867 bits per heavy atom. The lowest BCUT2D eigenvalue weighted by Crippen LogP contribution is -2.49. The number of ether oxygens (including phenoxy) is 2. The van der Waals surface area contributed by atoms with Gasteiger partial charge in [-0.15, -0.1) is 11.3 Å². The Kier molecular flexibility index (Phi) is 8.74. The van der Waals surface area contributed by atoms with Crippen LogP contribution >= 0.6 is 22.7 Å². The first-order chi connectivity index (χ1) is 21.1. The fourth-order valence-electron chi connectivity index (χ4n) is 5.63. The number of methoxy groups -OCH3 is 1. The summed E-state index contributed by atoms with van der Waals surface area (Å²) in [7, 11) is 1.19. The molecule has 3 nitrogen and oxygen atoms in total. The quantitative estimate of drug-likeness (QED) is 0.0733. The summed E-state index contributed by atoms with van der Waals surface area (Å²) in [6.45, 7) is 8.35. The number of carbonyl (C=O) groups excluding carboxylic acids is 1. The molecule has 1 aliphatic rings. The number of allylic oxidation sites excluding steroid dienone is 2. The van der Waals surface area contributed by atoms with Gasteiger partial charge in [0.15, 0.2) is 5.06 Å². The molecule has 2 heterocycles. The Balaban J connectivity index is 1.55. The highest BCUT2D eigenvalue weighted by Gasteiger charge is 2.80. The van der Waals surface area contributed by atoms with Gasteiger partial charge in [0.1, 0.15) is 0 Å². The number of carbonyl (C=O) groups is 1. The summed E-state index contributed by atoms with van der Waals surface area (Å²) in [6.07, 6.45) is 2.10. The number of thiophene rings is 2. The van der Waals surface area contributed by atoms with E-state index in [2.05, 4.69) is 6.58 Å². The van der Waals surface area contributed by atoms with Gasteiger partial charge in [0.2, 0.25) is 0 Å². The van der Waals surface area contributed by atoms with E-state index in [1.807, 2.05) is 12.1 Å². The minimum absolute atomic E-state index is 0.135. The maximum atomic E-state index is 15.8. The molecule has 0 atom stereocenters. The summed E-state index contributed by atoms with van der Waals surface area (Å²) in [4.78, 5) is 12.2. The summed E-state index contributed by atoms with van der Waals surface area (Å²) in [5.41, 5.74) is -1.36. The fraction of sp³-hybridized carbons (Fsp3) is 0.324. The number of aryl methyl sites for hydroxylation is 2. The van der Waals surface area contributed by atoms with E-state index in [9.17, 15) is 4.79 Å². The van der Waals surface area contributed by atoms with Gasteiger partial charge in [0.25, 0.3) is 0 Å². The van der Waals surface area contributed by atoms with Gasteiger partial charge in [-0.25, -0.2) is 4.79 Å². The van der Waals surface area contributed by atoms with Gasteiger partial charge in [0.05, 0.1) is 19.3 Å². The Morgan fingerprint density at radius 2 is 1.49 bits per heavy atom. The maximum Gasteiger partial charge on any atom is 0.380 e. The van der Waals surface area contributed by atoms with Gasteiger partial charge < -0.3 is 9.47 Å². The molecule has 0 fully saturated rings. The van der Waals surface area contributed by atoms with E-state index in [1.54, 1.807) is 31.2 Å². The predicted octanol–water partition coefficient (Wildman–Crippen LogP) is 10.5. The van der Waals surface area contributed by atoms with Crippen molar-refractivity contribution in [1.29, 1.82) is 0 Å². The first kappa shape index (κ1) is 32.8. The molecule has 0 amide bonds. The highest BCUT2D eigenvalue weighted by atomic mass is 32.1. The minimum Gasteiger partial charge on any atom is -0.487 e. The van der Waals surface area contributed by atoms with Crippen LogP contribution in [0.2, 0.25) is 0 Å². The Bertz CT molecular complexity index is 1820. The van der Waals surface area contributed by atoms with E-state index < -0.39 is 40.4 Å². The molecule has 0 spiro atoms. The van der Waals surface area contributed by atoms with Crippen LogP contribution in [0.1, 0.15) is 46.9 Å². The molecule has 0 radical (unpaired) electrons. The number of halogens is 6. The smallest absolute Gasteiger partial charge is 0.380 e. The average molecular weight is 665 g/mol. The van der Waals surface area contributed by atoms with Crippen LogP contribution < -0.4 is 4.74 Å². The molecule has 11 heteroatoms. The molecule has 0 N–H and O–H groups in total. The van der Waals surface area contributed by atoms with Crippen LogP contribution in [0.4, 0.5) is 26.3 Å². The number of hydrogen-bond acceptors (Lipinski definition) is 5. The van der Waals surface area contributed by atoms with Crippen molar-refractivity contribution in [3.63, 3.8) is 0 Å². The van der Waals surface area contributed by atoms with Crippen molar-refractivity contribution in [3.05, 3.63) is 87.8 Å². The van der Waals surface area contributed by atoms with Gasteiger partial charge in [-0.05, 0) is 62.8 Å². The number of alkyl halides is 6. The summed E-state index contributed by atoms with van der Waals surface area (Å²) in [6, 6.07) is 13.5. The van der Waals surface area contributed by atoms with Gasteiger partial charge in [0, 0.05) is 42.1 Å². The summed E-state index contributed by atoms with van der Waals surface area (Å²) < 4.78 is 104. The first-order valence-corrected chi connectivity index (χ1v) is 15.7. The summed E-state index contributed by atoms with van der Waals surface area (Å²) in [5.74, 6) is -16.5. The average Bonchev–Trinajstić information content (AvgIpc) is 3.53. The minimum atomic E-state index is -5.68. The van der Waals surface area contributed by atoms with Crippen molar-refractivity contribution < 1.29 is 40.6 Å². The molecule has 2 aromatic carbocycles. The predicted molar refractivity (Wildman–Crippen MR) is 168 cm³/mol. The highest BCUT2D eigenvalue weighted by Crippen LogP contribution is 2.67. The van der Waals surface area contributed by atoms with Crippen LogP contribution in [0.15, 0.2) is 60.7 Å². The molecule has 0 saturated carbocycles. The summed E-state index contributed by atoms with van der Waals surface area (Å²) >= 11 is 2.02. The van der Waals surface area contributed by atoms with E-state index in [4.69, 9.17) is 9.47 Å². The Labute approximate surface area is 264 Å². The second-order valence-electron chi connectivity index (χ2n) is 11.0. The standard InChI is InChI=1S/C34H30F6O3S2/c1-18(2)30(41)43-17-9-8-10-21-13-15-22(16-14-21)29-19(3)25(20(4)44-29)27-28(33(37,38)34(39,40)32(27,35)36)26-23-11-6-7-12-24(23)45-31(26)42-5/h6-7,11-16H,1,8-10,17H2,2-5H3. The Morgan fingerprint density at radius 3 is 2.11 bits per heavy atom. The van der Waals surface area contributed by atoms with Crippen LogP contribution in [0.5, 0.6) is 5.06 Å². The number of unbranched alkanes of at least 4 members (excludes halogenated alkanes) is 1. The normalized spacial score (nSPS) is 16.8. The van der Waals surface area contributed by atoms with Gasteiger partial charge >= 0.3 is 23.7 Å². The number of rotatable bonds is 10. The fourth-order valence-corrected chi connectivity index (χ4v) is 7.83. The summed E-state index contributed by atoms with van der Waals surface area (Å²) in [5, 5.41) is -0.0115. The van der Waals surface area contributed by atoms with Crippen molar-refractivity contribution in [3.8, 4) is 15.5 Å². The third kappa shape index (κ3) is 5.37. The molecule has 1 aliphatic carbocycles. The zero-order chi connectivity index (χ0) is 32.9. The van der Waals surface area contributed by atoms with Crippen molar-refractivity contribution in [2.24, 2.45) is 0 Å². The zero-order valence-corrected chi connectivity index (χ0v) is 26.6. The molecular formula is C34H30F6O3S2. The van der Waals surface area contributed by atoms with Crippen LogP contribution in [0.3, 0.4) is 0 Å². The molecule has 238 valence electrons. The van der Waals surface area contributed by atoms with Gasteiger partial charge in [-0.3, -0.25) is 0 Å². The number of hydrogen-bond donors (Lipinski definition) is 0. The second-order valence-corrected chi connectivity index (χ2v) is 13.2. The molecule has 0 unspecified atom stereocenters. The van der Waals surface area contributed by atoms with Gasteiger partial charge in [-0.2, -0.15) is 26.3 Å². The van der Waals surface area contributed by atoms with Crippen molar-refractivity contribution in [2.45, 2.75) is 57.8 Å². The first-order valence-electron chi connectivity index (χ1n) is 14.1. The maximum absolute atomic E-state index is 15.8. The monoisotopic (exact) mass is 664 g/mol. The molecule has 45 heavy (non-hydrogen) atoms. The SMILES string of the molecule is C=C(C)C(=O)OCCCCc1ccc(-c2sc(C)c(C3=C(c4c(OC)sc5ccccc45)C(F)(F)C(F)(F)C3(F)F)c2C)cc1. The van der Waals surface area contributed by atoms with Crippen LogP contribution in [0.25, 0.3) is 31.7 Å². The van der Waals surface area contributed by atoms with Crippen molar-refractivity contribution >= 4 is 49.9 Å². The zero-order valence-electron chi connectivity index (χ0n) is 25.0. The van der Waals surface area contributed by atoms with E-state index in [0.29, 0.717) is 33.6 Å². The molecule has 0 aliphatic heterocycles. The lowest BCUT2D eigenvalue weighted by Gasteiger charge is -2.26. The number of esters is 1. The molecule has 0 saturated heterocycles. The van der Waals surface area contributed by atoms with E-state index in [1.165, 1.54) is 33.1 Å². The molecule has 5 rings (SSSR count). The molecule has 4 aromatic rings. The number of fused-ring (bicyclic) bond motifs is 1. The van der Waals surface area contributed by atoms with Crippen LogP contribution in [-0.4, -0.2) is 37.5 Å². The lowest BCUT2D eigenvalue weighted by molar-refractivity contribution is -0.254. The molecular weight excluding hydrogens is 634 g/mol. The van der Waals surface area contributed by atoms with E-state index >= 15 is 26.3 Å². The third-order valence-corrected chi connectivity index (χ3v) is 10.3. The van der Waals surface area contributed by atoms with Crippen LogP contribution in [-0.2, 0) is 16.0 Å². The third-order valence-electron chi connectivity index (χ3n) is 7.90.